The fourth-order valence-electron chi connectivity index (χ4n) is 4.23. The third-order valence-corrected chi connectivity index (χ3v) is 5.72. The van der Waals surface area contributed by atoms with Crippen molar-refractivity contribution in [2.45, 2.75) is 38.6 Å². The summed E-state index contributed by atoms with van der Waals surface area (Å²) in [6.45, 7) is 2.74. The number of likely N-dealkylation sites (N-methyl/N-ethyl adjacent to an activating group) is 1. The van der Waals surface area contributed by atoms with Gasteiger partial charge >= 0.3 is 0 Å². The van der Waals surface area contributed by atoms with Gasteiger partial charge in [0.2, 0.25) is 0 Å². The lowest BCUT2D eigenvalue weighted by Gasteiger charge is -2.29. The van der Waals surface area contributed by atoms with Gasteiger partial charge in [0.15, 0.2) is 11.5 Å². The number of rotatable bonds is 5. The van der Waals surface area contributed by atoms with Gasteiger partial charge in [0.05, 0.1) is 5.69 Å². The van der Waals surface area contributed by atoms with Gasteiger partial charge in [-0.15, -0.1) is 0 Å². The molecule has 2 aromatic rings. The highest BCUT2D eigenvalue weighted by molar-refractivity contribution is 6.07. The van der Waals surface area contributed by atoms with Crippen LogP contribution in [-0.2, 0) is 19.4 Å². The van der Waals surface area contributed by atoms with E-state index in [1.54, 1.807) is 0 Å². The third-order valence-electron chi connectivity index (χ3n) is 5.72. The number of hydrogen-bond donors (Lipinski definition) is 1. The predicted molar refractivity (Wildman–Crippen MR) is 112 cm³/mol. The molecule has 0 fully saturated rings. The SMILES string of the molecule is CN(C)CCNC(=O)c1nc(C(=O)N2CCCc3ccccc32)c2n1CCCC2. The number of nitrogens with zero attached hydrogens (tertiary/aromatic N) is 4. The molecule has 0 saturated heterocycles. The van der Waals surface area contributed by atoms with Gasteiger partial charge in [-0.25, -0.2) is 4.98 Å². The molecule has 2 aliphatic heterocycles. The van der Waals surface area contributed by atoms with Gasteiger partial charge in [-0.1, -0.05) is 18.2 Å². The molecule has 1 aromatic carbocycles. The molecule has 1 N–H and O–H groups in total. The lowest BCUT2D eigenvalue weighted by Crippen LogP contribution is -2.36. The van der Waals surface area contributed by atoms with Crippen molar-refractivity contribution in [2.75, 3.05) is 38.6 Å². The standard InChI is InChI=1S/C22H29N5O2/c1-25(2)15-12-23-21(28)20-24-19(18-11-5-6-13-26(18)20)22(29)27-14-7-9-16-8-3-4-10-17(16)27/h3-4,8,10H,5-7,9,11-15H2,1-2H3,(H,23,28). The summed E-state index contributed by atoms with van der Waals surface area (Å²) in [5.74, 6) is 0.0790. The topological polar surface area (TPSA) is 70.5 Å². The Bertz CT molecular complexity index is 918. The lowest BCUT2D eigenvalue weighted by atomic mass is 10.0. The Balaban J connectivity index is 1.64. The van der Waals surface area contributed by atoms with Crippen LogP contribution < -0.4 is 10.2 Å². The summed E-state index contributed by atoms with van der Waals surface area (Å²) >= 11 is 0. The van der Waals surface area contributed by atoms with Crippen molar-refractivity contribution in [1.82, 2.24) is 19.8 Å². The number of aromatic nitrogens is 2. The second-order valence-electron chi connectivity index (χ2n) is 8.09. The van der Waals surface area contributed by atoms with Gasteiger partial charge in [0.25, 0.3) is 11.8 Å². The second-order valence-corrected chi connectivity index (χ2v) is 8.09. The van der Waals surface area contributed by atoms with Crippen LogP contribution >= 0.6 is 0 Å². The van der Waals surface area contributed by atoms with Gasteiger partial charge in [0, 0.05) is 31.9 Å². The molecule has 2 amide bonds. The molecule has 2 aliphatic rings. The molecule has 0 atom stereocenters. The van der Waals surface area contributed by atoms with Crippen molar-refractivity contribution in [3.05, 3.63) is 47.0 Å². The summed E-state index contributed by atoms with van der Waals surface area (Å²) in [4.78, 5) is 34.7. The first-order valence-electron chi connectivity index (χ1n) is 10.5. The molecular weight excluding hydrogens is 366 g/mol. The fourth-order valence-corrected chi connectivity index (χ4v) is 4.23. The van der Waals surface area contributed by atoms with Crippen LogP contribution in [0.5, 0.6) is 0 Å². The van der Waals surface area contributed by atoms with Crippen LogP contribution in [-0.4, -0.2) is 60.0 Å². The highest BCUT2D eigenvalue weighted by Gasteiger charge is 2.31. The Morgan fingerprint density at radius 2 is 1.93 bits per heavy atom. The van der Waals surface area contributed by atoms with Crippen molar-refractivity contribution in [2.24, 2.45) is 0 Å². The average molecular weight is 396 g/mol. The summed E-state index contributed by atoms with van der Waals surface area (Å²) in [5.41, 5.74) is 3.52. The van der Waals surface area contributed by atoms with Crippen LogP contribution in [0.4, 0.5) is 5.69 Å². The first-order valence-corrected chi connectivity index (χ1v) is 10.5. The van der Waals surface area contributed by atoms with Crippen molar-refractivity contribution < 1.29 is 9.59 Å². The quantitative estimate of drug-likeness (QED) is 0.842. The third kappa shape index (κ3) is 3.92. The van der Waals surface area contributed by atoms with Crippen molar-refractivity contribution >= 4 is 17.5 Å². The minimum absolute atomic E-state index is 0.0878. The number of imidazole rings is 1. The number of para-hydroxylation sites is 1. The van der Waals surface area contributed by atoms with E-state index in [1.165, 1.54) is 5.56 Å². The molecule has 1 aromatic heterocycles. The Morgan fingerprint density at radius 3 is 2.76 bits per heavy atom. The van der Waals surface area contributed by atoms with Crippen LogP contribution in [0.1, 0.15) is 51.6 Å². The van der Waals surface area contributed by atoms with E-state index in [0.717, 1.165) is 56.6 Å². The van der Waals surface area contributed by atoms with Gasteiger partial charge in [0.1, 0.15) is 0 Å². The molecule has 7 nitrogen and oxygen atoms in total. The number of carbonyl (C=O) groups excluding carboxylic acids is 2. The van der Waals surface area contributed by atoms with E-state index in [1.807, 2.05) is 46.7 Å². The molecule has 154 valence electrons. The average Bonchev–Trinajstić information content (AvgIpc) is 3.12. The number of anilines is 1. The van der Waals surface area contributed by atoms with Crippen LogP contribution in [0.15, 0.2) is 24.3 Å². The number of hydrogen-bond acceptors (Lipinski definition) is 4. The zero-order chi connectivity index (χ0) is 20.4. The Morgan fingerprint density at radius 1 is 1.10 bits per heavy atom. The monoisotopic (exact) mass is 395 g/mol. The van der Waals surface area contributed by atoms with Crippen LogP contribution in [0, 0.1) is 0 Å². The number of amides is 2. The molecule has 3 heterocycles. The molecule has 0 saturated carbocycles. The Kier molecular flexibility index (Phi) is 5.67. The van der Waals surface area contributed by atoms with E-state index in [-0.39, 0.29) is 11.8 Å². The zero-order valence-corrected chi connectivity index (χ0v) is 17.3. The molecule has 7 heteroatoms. The molecule has 0 radical (unpaired) electrons. The highest BCUT2D eigenvalue weighted by atomic mass is 16.2. The predicted octanol–water partition coefficient (Wildman–Crippen LogP) is 2.10. The van der Waals surface area contributed by atoms with Crippen molar-refractivity contribution in [3.8, 4) is 0 Å². The van der Waals surface area contributed by atoms with Crippen LogP contribution in [0.3, 0.4) is 0 Å². The van der Waals surface area contributed by atoms with Crippen LogP contribution in [0.2, 0.25) is 0 Å². The molecule has 0 bridgehead atoms. The first-order chi connectivity index (χ1) is 14.1. The van der Waals surface area contributed by atoms with Gasteiger partial charge in [-0.05, 0) is 57.8 Å². The number of carbonyl (C=O) groups is 2. The largest absolute Gasteiger partial charge is 0.348 e. The van der Waals surface area contributed by atoms with E-state index in [9.17, 15) is 9.59 Å². The van der Waals surface area contributed by atoms with Crippen molar-refractivity contribution in [3.63, 3.8) is 0 Å². The summed E-state index contributed by atoms with van der Waals surface area (Å²) in [7, 11) is 3.94. The zero-order valence-electron chi connectivity index (χ0n) is 17.3. The van der Waals surface area contributed by atoms with E-state index < -0.39 is 0 Å². The number of fused-ring (bicyclic) bond motifs is 2. The van der Waals surface area contributed by atoms with E-state index in [4.69, 9.17) is 0 Å². The van der Waals surface area contributed by atoms with E-state index in [2.05, 4.69) is 16.4 Å². The van der Waals surface area contributed by atoms with Gasteiger partial charge in [-0.2, -0.15) is 0 Å². The smallest absolute Gasteiger partial charge is 0.287 e. The maximum absolute atomic E-state index is 13.5. The Labute approximate surface area is 171 Å². The summed E-state index contributed by atoms with van der Waals surface area (Å²) in [6.07, 6.45) is 4.73. The molecular formula is C22H29N5O2. The Hall–Kier alpha value is -2.67. The molecule has 0 aliphatic carbocycles. The minimum atomic E-state index is -0.201. The maximum Gasteiger partial charge on any atom is 0.287 e. The highest BCUT2D eigenvalue weighted by Crippen LogP contribution is 2.30. The molecule has 0 spiro atoms. The summed E-state index contributed by atoms with van der Waals surface area (Å²) in [6, 6.07) is 8.07. The normalized spacial score (nSPS) is 15.8. The lowest BCUT2D eigenvalue weighted by molar-refractivity contribution is 0.0935. The summed E-state index contributed by atoms with van der Waals surface area (Å²) in [5, 5.41) is 2.94. The first kappa shape index (κ1) is 19.6. The number of aryl methyl sites for hydroxylation is 1. The maximum atomic E-state index is 13.5. The van der Waals surface area contributed by atoms with Gasteiger partial charge < -0.3 is 19.7 Å². The second kappa shape index (κ2) is 8.37. The molecule has 4 rings (SSSR count). The van der Waals surface area contributed by atoms with Crippen molar-refractivity contribution in [1.29, 1.82) is 0 Å². The number of nitrogens with one attached hydrogen (secondary N) is 1. The van der Waals surface area contributed by atoms with Crippen LogP contribution in [0.25, 0.3) is 0 Å². The fraction of sp³-hybridized carbons (Fsp3) is 0.500. The van der Waals surface area contributed by atoms with E-state index >= 15 is 0 Å². The molecule has 0 unspecified atom stereocenters. The van der Waals surface area contributed by atoms with Gasteiger partial charge in [-0.3, -0.25) is 9.59 Å². The minimum Gasteiger partial charge on any atom is -0.348 e. The van der Waals surface area contributed by atoms with E-state index in [0.29, 0.717) is 24.6 Å². The molecule has 29 heavy (non-hydrogen) atoms. The number of benzene rings is 1. The summed E-state index contributed by atoms with van der Waals surface area (Å²) < 4.78 is 1.96.